The predicted molar refractivity (Wildman–Crippen MR) is 140 cm³/mol. The fourth-order valence-electron chi connectivity index (χ4n) is 4.87. The van der Waals surface area contributed by atoms with Crippen molar-refractivity contribution in [3.63, 3.8) is 0 Å². The maximum Gasteiger partial charge on any atom is 0.526 e. The molecule has 16 heteroatoms. The number of nitrogens with one attached hydrogen (secondary N) is 1. The fourth-order valence-corrected chi connectivity index (χ4v) is 4.87. The summed E-state index contributed by atoms with van der Waals surface area (Å²) >= 11 is 0. The van der Waals surface area contributed by atoms with Crippen molar-refractivity contribution in [3.8, 4) is 11.5 Å². The normalized spacial score (nSPS) is 17.2. The fraction of sp³-hybridized carbons (Fsp3) is 0.346. The van der Waals surface area contributed by atoms with Crippen molar-refractivity contribution in [3.05, 3.63) is 52.6 Å². The Morgan fingerprint density at radius 1 is 1.29 bits per heavy atom. The van der Waals surface area contributed by atoms with E-state index in [-0.39, 0.29) is 49.6 Å². The van der Waals surface area contributed by atoms with E-state index in [0.29, 0.717) is 16.0 Å². The summed E-state index contributed by atoms with van der Waals surface area (Å²) < 4.78 is 25.2. The van der Waals surface area contributed by atoms with Crippen LogP contribution in [0, 0.1) is 12.7 Å². The average Bonchev–Trinajstić information content (AvgIpc) is 2.94. The van der Waals surface area contributed by atoms with Crippen LogP contribution >= 0.6 is 0 Å². The first-order valence-corrected chi connectivity index (χ1v) is 12.9. The van der Waals surface area contributed by atoms with Gasteiger partial charge in [0.2, 0.25) is 0 Å². The molecule has 2 aliphatic heterocycles. The first-order valence-electron chi connectivity index (χ1n) is 12.9. The quantitative estimate of drug-likeness (QED) is 0.213. The average molecular weight is 584 g/mol. The number of likely N-dealkylation sites (N-methyl/N-ethyl adjacent to an activating group) is 1. The summed E-state index contributed by atoms with van der Waals surface area (Å²) in [6, 6.07) is 0.984. The Balaban J connectivity index is 1.61. The lowest BCUT2D eigenvalue weighted by molar-refractivity contribution is -0.153. The number of benzene rings is 1. The van der Waals surface area contributed by atoms with Gasteiger partial charge in [0.05, 0.1) is 6.20 Å². The van der Waals surface area contributed by atoms with E-state index in [0.717, 1.165) is 12.3 Å². The van der Waals surface area contributed by atoms with Crippen LogP contribution in [0.1, 0.15) is 46.6 Å². The van der Waals surface area contributed by atoms with Gasteiger partial charge in [0, 0.05) is 37.9 Å². The molecule has 4 rings (SSSR count). The van der Waals surface area contributed by atoms with Crippen molar-refractivity contribution >= 4 is 43.2 Å². The van der Waals surface area contributed by atoms with E-state index in [1.165, 1.54) is 4.90 Å². The first-order chi connectivity index (χ1) is 20.0. The zero-order valence-corrected chi connectivity index (χ0v) is 22.5. The van der Waals surface area contributed by atoms with Crippen LogP contribution in [-0.4, -0.2) is 87.7 Å². The smallest absolute Gasteiger partial charge is 0.526 e. The summed E-state index contributed by atoms with van der Waals surface area (Å²) in [6.45, 7) is 3.39. The molecule has 0 radical (unpaired) electrons. The second-order valence-electron chi connectivity index (χ2n) is 9.67. The van der Waals surface area contributed by atoms with Gasteiger partial charge < -0.3 is 29.7 Å². The van der Waals surface area contributed by atoms with Crippen molar-refractivity contribution < 1.29 is 52.7 Å². The second-order valence-corrected chi connectivity index (χ2v) is 9.67. The van der Waals surface area contributed by atoms with Gasteiger partial charge in [0.15, 0.2) is 17.3 Å². The number of hydrogen-bond donors (Lipinski definition) is 3. The molecule has 1 fully saturated rings. The van der Waals surface area contributed by atoms with Crippen LogP contribution in [0.3, 0.4) is 0 Å². The summed E-state index contributed by atoms with van der Waals surface area (Å²) in [5.41, 5.74) is 0.113. The van der Waals surface area contributed by atoms with E-state index in [1.807, 2.05) is 0 Å². The van der Waals surface area contributed by atoms with E-state index < -0.39 is 66.5 Å². The highest BCUT2D eigenvalue weighted by molar-refractivity contribution is 6.47. The molecule has 0 saturated carbocycles. The Kier molecular flexibility index (Phi) is 8.85. The molecule has 0 spiro atoms. The SMILES string of the molecule is CCN1CCN(C(=O)NC(C(=O)C[C@H]2Cc3ccc(C)c(C(=O)O)c3OB2O)c2ncc(OC=O)cc2F)C(=O)C1=O. The summed E-state index contributed by atoms with van der Waals surface area (Å²) in [7, 11) is -1.62. The highest BCUT2D eigenvalue weighted by Gasteiger charge is 2.42. The van der Waals surface area contributed by atoms with Crippen molar-refractivity contribution in [2.75, 3.05) is 19.6 Å². The van der Waals surface area contributed by atoms with Crippen LogP contribution in [0.2, 0.25) is 5.82 Å². The Hall–Kier alpha value is -4.86. The van der Waals surface area contributed by atoms with Crippen LogP contribution in [-0.2, 0) is 25.6 Å². The van der Waals surface area contributed by atoms with Gasteiger partial charge in [0.1, 0.15) is 23.0 Å². The zero-order chi connectivity index (χ0) is 30.7. The molecule has 2 atom stereocenters. The number of fused-ring (bicyclic) bond motifs is 1. The molecule has 3 N–H and O–H groups in total. The number of carboxylic acid groups (broad SMARTS) is 1. The van der Waals surface area contributed by atoms with Crippen molar-refractivity contribution in [2.24, 2.45) is 0 Å². The number of halogens is 1. The Bertz CT molecular complexity index is 1470. The molecule has 220 valence electrons. The third-order valence-corrected chi connectivity index (χ3v) is 7.08. The molecule has 1 aromatic heterocycles. The molecule has 1 unspecified atom stereocenters. The number of ketones is 1. The number of amides is 4. The van der Waals surface area contributed by atoms with Crippen LogP contribution in [0.25, 0.3) is 0 Å². The van der Waals surface area contributed by atoms with Crippen molar-refractivity contribution in [1.29, 1.82) is 0 Å². The summed E-state index contributed by atoms with van der Waals surface area (Å²) in [4.78, 5) is 79.5. The lowest BCUT2D eigenvalue weighted by Crippen LogP contribution is -2.58. The van der Waals surface area contributed by atoms with E-state index in [4.69, 9.17) is 4.65 Å². The molecule has 2 aliphatic rings. The minimum absolute atomic E-state index is 0.0114. The zero-order valence-electron chi connectivity index (χ0n) is 22.5. The highest BCUT2D eigenvalue weighted by atomic mass is 19.1. The second kappa shape index (κ2) is 12.3. The molecule has 4 amide bonds. The van der Waals surface area contributed by atoms with Crippen LogP contribution in [0.5, 0.6) is 11.5 Å². The van der Waals surface area contributed by atoms with Gasteiger partial charge >= 0.3 is 30.9 Å². The van der Waals surface area contributed by atoms with Gasteiger partial charge in [-0.2, -0.15) is 0 Å². The van der Waals surface area contributed by atoms with E-state index in [9.17, 15) is 38.9 Å². The van der Waals surface area contributed by atoms with Crippen LogP contribution < -0.4 is 14.7 Å². The molecule has 0 bridgehead atoms. The molecule has 14 nitrogen and oxygen atoms in total. The molecular weight excluding hydrogens is 558 g/mol. The number of ether oxygens (including phenoxy) is 1. The van der Waals surface area contributed by atoms with Crippen molar-refractivity contribution in [2.45, 2.75) is 38.5 Å². The van der Waals surface area contributed by atoms with Gasteiger partial charge in [-0.25, -0.2) is 14.0 Å². The first kappa shape index (κ1) is 30.1. The molecule has 3 heterocycles. The number of aromatic carboxylic acids is 1. The number of carbonyl (C=O) groups is 6. The maximum atomic E-state index is 15.1. The Morgan fingerprint density at radius 2 is 2.02 bits per heavy atom. The Labute approximate surface area is 238 Å². The number of pyridine rings is 1. The Morgan fingerprint density at radius 3 is 2.67 bits per heavy atom. The van der Waals surface area contributed by atoms with Gasteiger partial charge in [-0.05, 0) is 31.4 Å². The number of imide groups is 1. The summed E-state index contributed by atoms with van der Waals surface area (Å²) in [5, 5.41) is 22.5. The largest absolute Gasteiger partial charge is 0.535 e. The monoisotopic (exact) mass is 584 g/mol. The number of carbonyl (C=O) groups excluding carboxylic acids is 5. The van der Waals surface area contributed by atoms with Gasteiger partial charge in [-0.15, -0.1) is 0 Å². The lowest BCUT2D eigenvalue weighted by atomic mass is 9.64. The minimum atomic E-state index is -1.80. The minimum Gasteiger partial charge on any atom is -0.535 e. The van der Waals surface area contributed by atoms with Gasteiger partial charge in [0.25, 0.3) is 6.47 Å². The number of urea groups is 1. The van der Waals surface area contributed by atoms with Crippen LogP contribution in [0.4, 0.5) is 9.18 Å². The summed E-state index contributed by atoms with van der Waals surface area (Å²) in [5.74, 6) is -6.53. The molecule has 1 saturated heterocycles. The molecule has 0 aliphatic carbocycles. The number of aryl methyl sites for hydroxylation is 1. The molecular formula is C26H26BFN4O10. The number of rotatable bonds is 9. The van der Waals surface area contributed by atoms with Gasteiger partial charge in [-0.1, -0.05) is 12.1 Å². The maximum absolute atomic E-state index is 15.1. The van der Waals surface area contributed by atoms with E-state index in [1.54, 1.807) is 26.0 Å². The van der Waals surface area contributed by atoms with E-state index >= 15 is 4.39 Å². The number of Topliss-reactive ketones (excluding diaryl/α,β-unsaturated/α-hetero) is 1. The number of piperazine rings is 1. The molecule has 2 aromatic rings. The van der Waals surface area contributed by atoms with Gasteiger partial charge in [-0.3, -0.25) is 29.1 Å². The van der Waals surface area contributed by atoms with Crippen LogP contribution in [0.15, 0.2) is 24.4 Å². The number of nitrogens with zero attached hydrogens (tertiary/aromatic N) is 3. The summed E-state index contributed by atoms with van der Waals surface area (Å²) in [6.07, 6.45) is 0.460. The van der Waals surface area contributed by atoms with E-state index in [2.05, 4.69) is 15.0 Å². The number of carboxylic acids is 1. The number of hydrogen-bond acceptors (Lipinski definition) is 10. The third-order valence-electron chi connectivity index (χ3n) is 7.08. The third kappa shape index (κ3) is 5.93. The molecule has 42 heavy (non-hydrogen) atoms. The topological polar surface area (TPSA) is 193 Å². The predicted octanol–water partition coefficient (Wildman–Crippen LogP) is 0.649. The molecule has 1 aromatic carbocycles. The standard InChI is InChI=1S/C26H26BFN4O10/c1-3-31-6-7-32(24(36)23(31)35)26(39)30-21(20-17(28)10-16(11-29-20)41-12-33)18(34)9-15-8-14-5-4-13(2)19(25(37)38)22(14)42-27(15)40/h4-5,10-12,15,21,40H,3,6-9H2,1-2H3,(H,30,39)(H,37,38)/t15-,21?/m1/s1. The number of aromatic nitrogens is 1. The van der Waals surface area contributed by atoms with Crippen molar-refractivity contribution in [1.82, 2.24) is 20.1 Å². The lowest BCUT2D eigenvalue weighted by Gasteiger charge is -2.33. The highest BCUT2D eigenvalue weighted by Crippen LogP contribution is 2.38.